The van der Waals surface area contributed by atoms with Crippen LogP contribution in [0.4, 0.5) is 10.1 Å². The molecule has 0 aliphatic carbocycles. The fraction of sp³-hybridized carbons (Fsp3) is 0.348. The Bertz CT molecular complexity index is 1010. The third-order valence-corrected chi connectivity index (χ3v) is 5.90. The van der Waals surface area contributed by atoms with E-state index in [-0.39, 0.29) is 24.0 Å². The zero-order chi connectivity index (χ0) is 22.8. The van der Waals surface area contributed by atoms with Crippen LogP contribution in [0.5, 0.6) is 5.75 Å². The first-order valence-electron chi connectivity index (χ1n) is 10.5. The normalized spacial score (nSPS) is 10.8. The summed E-state index contributed by atoms with van der Waals surface area (Å²) in [5.74, 6) is 0.385. The van der Waals surface area contributed by atoms with Gasteiger partial charge in [-0.2, -0.15) is 0 Å². The van der Waals surface area contributed by atoms with Gasteiger partial charge in [0.05, 0.1) is 5.75 Å². The predicted molar refractivity (Wildman–Crippen MR) is 126 cm³/mol. The molecule has 6 nitrogen and oxygen atoms in total. The number of nitrogens with zero attached hydrogens (tertiary/aromatic N) is 3. The summed E-state index contributed by atoms with van der Waals surface area (Å²) in [5, 5.41) is 12.6. The number of nitrogens with one attached hydrogen (secondary N) is 1. The van der Waals surface area contributed by atoms with Crippen molar-refractivity contribution in [2.24, 2.45) is 0 Å². The van der Waals surface area contributed by atoms with Gasteiger partial charge in [-0.05, 0) is 42.8 Å². The first-order valence-corrected chi connectivity index (χ1v) is 11.9. The number of para-hydroxylation sites is 1. The maximum Gasteiger partial charge on any atom is 0.234 e. The van der Waals surface area contributed by atoms with Crippen LogP contribution in [0.3, 0.4) is 0 Å². The van der Waals surface area contributed by atoms with E-state index in [0.717, 1.165) is 25.7 Å². The summed E-state index contributed by atoms with van der Waals surface area (Å²) in [6, 6.07) is 13.2. The highest BCUT2D eigenvalue weighted by atomic mass is 35.5. The number of carbonyl (C=O) groups is 1. The lowest BCUT2D eigenvalue weighted by molar-refractivity contribution is -0.113. The number of rotatable bonds is 12. The van der Waals surface area contributed by atoms with Crippen molar-refractivity contribution in [3.05, 3.63) is 65.2 Å². The summed E-state index contributed by atoms with van der Waals surface area (Å²) in [6.07, 6.45) is 4.33. The van der Waals surface area contributed by atoms with Crippen molar-refractivity contribution in [3.63, 3.8) is 0 Å². The lowest BCUT2D eigenvalue weighted by Gasteiger charge is -2.11. The number of thioether (sulfide) groups is 1. The summed E-state index contributed by atoms with van der Waals surface area (Å²) < 4.78 is 21.4. The van der Waals surface area contributed by atoms with Gasteiger partial charge in [0.2, 0.25) is 5.91 Å². The Hall–Kier alpha value is -2.58. The highest BCUT2D eigenvalue weighted by Gasteiger charge is 2.15. The van der Waals surface area contributed by atoms with Gasteiger partial charge in [0.25, 0.3) is 0 Å². The van der Waals surface area contributed by atoms with Crippen LogP contribution >= 0.6 is 23.4 Å². The molecule has 0 bridgehead atoms. The molecule has 0 aliphatic heterocycles. The number of unbranched alkanes of at least 4 members (excludes halogenated alkanes) is 3. The Balaban J connectivity index is 1.63. The molecule has 1 heterocycles. The van der Waals surface area contributed by atoms with Crippen molar-refractivity contribution in [2.75, 3.05) is 11.1 Å². The van der Waals surface area contributed by atoms with Crippen LogP contribution in [-0.4, -0.2) is 26.4 Å². The van der Waals surface area contributed by atoms with Gasteiger partial charge in [-0.15, -0.1) is 10.2 Å². The molecule has 170 valence electrons. The monoisotopic (exact) mass is 476 g/mol. The van der Waals surface area contributed by atoms with Crippen molar-refractivity contribution < 1.29 is 13.9 Å². The second kappa shape index (κ2) is 12.5. The quantitative estimate of drug-likeness (QED) is 0.258. The minimum atomic E-state index is -0.421. The third-order valence-electron chi connectivity index (χ3n) is 4.68. The average molecular weight is 477 g/mol. The standard InChI is InChI=1S/C23H26ClFN4O2S/c1-2-3-4-7-14-29-21(15-31-20-9-6-5-8-19(20)25)27-28-23(29)32-16-22(30)26-18-12-10-17(24)11-13-18/h5-6,8-13H,2-4,7,14-16H2,1H3,(H,26,30). The first-order chi connectivity index (χ1) is 15.6. The van der Waals surface area contributed by atoms with Gasteiger partial charge in [-0.25, -0.2) is 4.39 Å². The Morgan fingerprint density at radius 3 is 2.66 bits per heavy atom. The van der Waals surface area contributed by atoms with E-state index in [9.17, 15) is 9.18 Å². The van der Waals surface area contributed by atoms with E-state index >= 15 is 0 Å². The van der Waals surface area contributed by atoms with Crippen LogP contribution in [0, 0.1) is 5.82 Å². The van der Waals surface area contributed by atoms with Crippen LogP contribution in [0.1, 0.15) is 38.4 Å². The molecule has 1 N–H and O–H groups in total. The van der Waals surface area contributed by atoms with Crippen LogP contribution in [0.2, 0.25) is 5.02 Å². The molecule has 0 aliphatic rings. The maximum absolute atomic E-state index is 13.9. The van der Waals surface area contributed by atoms with Crippen LogP contribution < -0.4 is 10.1 Å². The van der Waals surface area contributed by atoms with E-state index in [4.69, 9.17) is 16.3 Å². The summed E-state index contributed by atoms with van der Waals surface area (Å²) >= 11 is 7.19. The molecule has 2 aromatic carbocycles. The molecule has 9 heteroatoms. The van der Waals surface area contributed by atoms with Gasteiger partial charge in [-0.1, -0.05) is 61.7 Å². The smallest absolute Gasteiger partial charge is 0.234 e. The topological polar surface area (TPSA) is 69.0 Å². The number of anilines is 1. The number of halogens is 2. The predicted octanol–water partition coefficient (Wildman–Crippen LogP) is 5.96. The molecule has 0 spiro atoms. The Morgan fingerprint density at radius 1 is 1.12 bits per heavy atom. The van der Waals surface area contributed by atoms with Gasteiger partial charge in [0.15, 0.2) is 22.5 Å². The Labute approximate surface area is 196 Å². The third kappa shape index (κ3) is 7.24. The molecule has 3 aromatic rings. The summed E-state index contributed by atoms with van der Waals surface area (Å²) in [5.41, 5.74) is 0.681. The minimum absolute atomic E-state index is 0.0965. The molecular formula is C23H26ClFN4O2S. The fourth-order valence-electron chi connectivity index (χ4n) is 3.02. The molecule has 3 rings (SSSR count). The van der Waals surface area contributed by atoms with E-state index in [1.807, 2.05) is 4.57 Å². The zero-order valence-corrected chi connectivity index (χ0v) is 19.5. The SMILES string of the molecule is CCCCCCn1c(COc2ccccc2F)nnc1SCC(=O)Nc1ccc(Cl)cc1. The lowest BCUT2D eigenvalue weighted by atomic mass is 10.2. The Morgan fingerprint density at radius 2 is 1.91 bits per heavy atom. The van der Waals surface area contributed by atoms with Crippen LogP contribution in [0.25, 0.3) is 0 Å². The molecular weight excluding hydrogens is 451 g/mol. The first kappa shape index (κ1) is 24.1. The molecule has 0 atom stereocenters. The molecule has 0 fully saturated rings. The van der Waals surface area contributed by atoms with E-state index in [0.29, 0.717) is 28.2 Å². The summed E-state index contributed by atoms with van der Waals surface area (Å²) in [4.78, 5) is 12.3. The molecule has 32 heavy (non-hydrogen) atoms. The number of amides is 1. The van der Waals surface area contributed by atoms with Crippen molar-refractivity contribution in [2.45, 2.75) is 50.9 Å². The van der Waals surface area contributed by atoms with Crippen LogP contribution in [0.15, 0.2) is 53.7 Å². The van der Waals surface area contributed by atoms with Gasteiger partial charge in [-0.3, -0.25) is 4.79 Å². The van der Waals surface area contributed by atoms with Gasteiger partial charge < -0.3 is 14.6 Å². The van der Waals surface area contributed by atoms with Gasteiger partial charge in [0.1, 0.15) is 6.61 Å². The molecule has 1 amide bonds. The zero-order valence-electron chi connectivity index (χ0n) is 17.9. The maximum atomic E-state index is 13.9. The highest BCUT2D eigenvalue weighted by Crippen LogP contribution is 2.22. The van der Waals surface area contributed by atoms with Crippen molar-refractivity contribution in [1.82, 2.24) is 14.8 Å². The number of hydrogen-bond donors (Lipinski definition) is 1. The fourth-order valence-corrected chi connectivity index (χ4v) is 3.93. The number of hydrogen-bond acceptors (Lipinski definition) is 5. The van der Waals surface area contributed by atoms with E-state index < -0.39 is 5.82 Å². The second-order valence-corrected chi connectivity index (χ2v) is 8.55. The van der Waals surface area contributed by atoms with E-state index in [1.54, 1.807) is 42.5 Å². The average Bonchev–Trinajstić information content (AvgIpc) is 3.18. The Kier molecular flexibility index (Phi) is 9.37. The largest absolute Gasteiger partial charge is 0.483 e. The number of aromatic nitrogens is 3. The van der Waals surface area contributed by atoms with Gasteiger partial charge >= 0.3 is 0 Å². The van der Waals surface area contributed by atoms with Crippen LogP contribution in [-0.2, 0) is 17.9 Å². The van der Waals surface area contributed by atoms with Crippen molar-refractivity contribution in [1.29, 1.82) is 0 Å². The van der Waals surface area contributed by atoms with Crippen molar-refractivity contribution in [3.8, 4) is 5.75 Å². The molecule has 0 saturated heterocycles. The molecule has 0 saturated carbocycles. The van der Waals surface area contributed by atoms with Gasteiger partial charge in [0, 0.05) is 17.3 Å². The van der Waals surface area contributed by atoms with Crippen molar-refractivity contribution >= 4 is 35.0 Å². The molecule has 1 aromatic heterocycles. The highest BCUT2D eigenvalue weighted by molar-refractivity contribution is 7.99. The van der Waals surface area contributed by atoms with E-state index in [1.165, 1.54) is 17.8 Å². The number of benzene rings is 2. The summed E-state index contributed by atoms with van der Waals surface area (Å²) in [6.45, 7) is 2.97. The summed E-state index contributed by atoms with van der Waals surface area (Å²) in [7, 11) is 0. The van der Waals surface area contributed by atoms with E-state index in [2.05, 4.69) is 22.4 Å². The second-order valence-electron chi connectivity index (χ2n) is 7.17. The molecule has 0 radical (unpaired) electrons. The minimum Gasteiger partial charge on any atom is -0.483 e. The lowest BCUT2D eigenvalue weighted by Crippen LogP contribution is -2.15. The molecule has 0 unspecified atom stereocenters. The number of carbonyl (C=O) groups excluding carboxylic acids is 1. The number of ether oxygens (including phenoxy) is 1.